The highest BCUT2D eigenvalue weighted by Crippen LogP contribution is 2.08. The van der Waals surface area contributed by atoms with Crippen LogP contribution in [0.15, 0.2) is 22.1 Å². The number of aromatic nitrogens is 2. The van der Waals surface area contributed by atoms with E-state index in [0.717, 1.165) is 6.54 Å². The minimum absolute atomic E-state index is 0.231. The van der Waals surface area contributed by atoms with E-state index in [9.17, 15) is 4.79 Å². The molecule has 1 aromatic rings. The van der Waals surface area contributed by atoms with Crippen LogP contribution < -0.4 is 5.56 Å². The lowest BCUT2D eigenvalue weighted by Crippen LogP contribution is -2.07. The molecule has 50 valence electrons. The van der Waals surface area contributed by atoms with Gasteiger partial charge in [-0.05, 0) is 0 Å². The van der Waals surface area contributed by atoms with E-state index in [0.29, 0.717) is 5.95 Å². The van der Waals surface area contributed by atoms with Gasteiger partial charge in [-0.15, -0.1) is 0 Å². The second kappa shape index (κ2) is 1.76. The maximum Gasteiger partial charge on any atom is 0.274 e. The van der Waals surface area contributed by atoms with Gasteiger partial charge in [-0.25, -0.2) is 4.99 Å². The van der Waals surface area contributed by atoms with Crippen molar-refractivity contribution in [3.63, 3.8) is 0 Å². The van der Waals surface area contributed by atoms with Crippen LogP contribution in [0.5, 0.6) is 0 Å². The van der Waals surface area contributed by atoms with Gasteiger partial charge in [0, 0.05) is 18.5 Å². The lowest BCUT2D eigenvalue weighted by molar-refractivity contribution is 0.850. The van der Waals surface area contributed by atoms with Crippen molar-refractivity contribution in [1.29, 1.82) is 0 Å². The fourth-order valence-corrected chi connectivity index (χ4v) is 0.876. The summed E-state index contributed by atoms with van der Waals surface area (Å²) in [4.78, 5) is 18.2. The summed E-state index contributed by atoms with van der Waals surface area (Å²) < 4.78 is 1.81. The molecule has 0 fully saturated rings. The van der Waals surface area contributed by atoms with E-state index in [1.807, 2.05) is 0 Å². The summed E-state index contributed by atoms with van der Waals surface area (Å²) in [6.07, 6.45) is 3.42. The van der Waals surface area contributed by atoms with Gasteiger partial charge in [0.1, 0.15) is 0 Å². The summed E-state index contributed by atoms with van der Waals surface area (Å²) in [7, 11) is 0. The standard InChI is InChI=1S/C6H5N3O/c10-5-1-3-9-4-2-7-6(9)8-5/h1-3H,4H2. The van der Waals surface area contributed by atoms with Crippen molar-refractivity contribution in [1.82, 2.24) is 9.55 Å². The Balaban J connectivity index is 2.71. The summed E-state index contributed by atoms with van der Waals surface area (Å²) in [5, 5.41) is 0. The first-order chi connectivity index (χ1) is 4.86. The SMILES string of the molecule is O=c1ccn2c(n1)N=CC2. The predicted molar refractivity (Wildman–Crippen MR) is 36.6 cm³/mol. The molecule has 0 aromatic carbocycles. The Hall–Kier alpha value is -1.45. The van der Waals surface area contributed by atoms with Crippen LogP contribution in [0.2, 0.25) is 0 Å². The molecule has 0 amide bonds. The maximum absolute atomic E-state index is 10.6. The van der Waals surface area contributed by atoms with E-state index in [2.05, 4.69) is 9.98 Å². The summed E-state index contributed by atoms with van der Waals surface area (Å²) >= 11 is 0. The Morgan fingerprint density at radius 2 is 2.50 bits per heavy atom. The summed E-state index contributed by atoms with van der Waals surface area (Å²) in [5.74, 6) is 0.507. The molecule has 2 rings (SSSR count). The molecule has 0 saturated carbocycles. The topological polar surface area (TPSA) is 47.2 Å². The minimum atomic E-state index is -0.231. The van der Waals surface area contributed by atoms with E-state index >= 15 is 0 Å². The van der Waals surface area contributed by atoms with Crippen LogP contribution in [0.25, 0.3) is 0 Å². The third-order valence-corrected chi connectivity index (χ3v) is 1.35. The van der Waals surface area contributed by atoms with Crippen molar-refractivity contribution >= 4 is 12.2 Å². The van der Waals surface area contributed by atoms with Gasteiger partial charge in [0.15, 0.2) is 0 Å². The van der Waals surface area contributed by atoms with Gasteiger partial charge in [-0.2, -0.15) is 4.98 Å². The smallest absolute Gasteiger partial charge is 0.274 e. The van der Waals surface area contributed by atoms with Gasteiger partial charge in [0.05, 0.1) is 6.54 Å². The molecule has 0 unspecified atom stereocenters. The van der Waals surface area contributed by atoms with Crippen molar-refractivity contribution in [2.24, 2.45) is 4.99 Å². The highest BCUT2D eigenvalue weighted by Gasteiger charge is 2.03. The van der Waals surface area contributed by atoms with E-state index in [1.54, 1.807) is 17.0 Å². The minimum Gasteiger partial charge on any atom is -0.312 e. The molecule has 0 aliphatic carbocycles. The Kier molecular flexibility index (Phi) is 0.943. The first kappa shape index (κ1) is 5.34. The number of rotatable bonds is 0. The Bertz CT molecular complexity index is 339. The fraction of sp³-hybridized carbons (Fsp3) is 0.167. The number of nitrogens with zero attached hydrogens (tertiary/aromatic N) is 3. The highest BCUT2D eigenvalue weighted by molar-refractivity contribution is 5.64. The van der Waals surface area contributed by atoms with Crippen LogP contribution in [0.3, 0.4) is 0 Å². The average molecular weight is 135 g/mol. The molecule has 0 radical (unpaired) electrons. The highest BCUT2D eigenvalue weighted by atomic mass is 16.1. The monoisotopic (exact) mass is 135 g/mol. The van der Waals surface area contributed by atoms with Gasteiger partial charge < -0.3 is 4.57 Å². The second-order valence-electron chi connectivity index (χ2n) is 2.03. The quantitative estimate of drug-likeness (QED) is 0.501. The van der Waals surface area contributed by atoms with Gasteiger partial charge in [-0.1, -0.05) is 0 Å². The predicted octanol–water partition coefficient (Wildman–Crippen LogP) is -0.0408. The second-order valence-corrected chi connectivity index (χ2v) is 2.03. The lowest BCUT2D eigenvalue weighted by Gasteiger charge is -1.95. The van der Waals surface area contributed by atoms with Gasteiger partial charge in [-0.3, -0.25) is 4.79 Å². The van der Waals surface area contributed by atoms with Crippen LogP contribution in [0.1, 0.15) is 0 Å². The summed E-state index contributed by atoms with van der Waals surface area (Å²) in [6, 6.07) is 1.43. The van der Waals surface area contributed by atoms with Gasteiger partial charge in [0.25, 0.3) is 5.56 Å². The van der Waals surface area contributed by atoms with Crippen LogP contribution in [-0.2, 0) is 6.54 Å². The summed E-state index contributed by atoms with van der Waals surface area (Å²) in [6.45, 7) is 0.725. The van der Waals surface area contributed by atoms with Crippen LogP contribution in [0, 0.1) is 0 Å². The molecule has 10 heavy (non-hydrogen) atoms. The maximum atomic E-state index is 10.6. The van der Waals surface area contributed by atoms with Crippen molar-refractivity contribution in [2.45, 2.75) is 6.54 Å². The fourth-order valence-electron chi connectivity index (χ4n) is 0.876. The molecular weight excluding hydrogens is 130 g/mol. The van der Waals surface area contributed by atoms with Crippen LogP contribution in [-0.4, -0.2) is 15.8 Å². The van der Waals surface area contributed by atoms with E-state index in [4.69, 9.17) is 0 Å². The first-order valence-electron chi connectivity index (χ1n) is 2.96. The van der Waals surface area contributed by atoms with E-state index < -0.39 is 0 Å². The number of fused-ring (bicyclic) bond motifs is 1. The number of hydrogen-bond donors (Lipinski definition) is 0. The molecule has 4 heteroatoms. The molecule has 1 aliphatic heterocycles. The zero-order chi connectivity index (χ0) is 6.97. The Morgan fingerprint density at radius 3 is 3.40 bits per heavy atom. The Labute approximate surface area is 56.9 Å². The molecule has 0 saturated heterocycles. The molecule has 4 nitrogen and oxygen atoms in total. The molecule has 0 spiro atoms. The molecule has 1 aliphatic rings. The normalized spacial score (nSPS) is 13.6. The Morgan fingerprint density at radius 1 is 1.60 bits per heavy atom. The van der Waals surface area contributed by atoms with Crippen molar-refractivity contribution in [3.05, 3.63) is 22.6 Å². The summed E-state index contributed by atoms with van der Waals surface area (Å²) in [5.41, 5.74) is -0.231. The van der Waals surface area contributed by atoms with Crippen molar-refractivity contribution in [3.8, 4) is 0 Å². The third kappa shape index (κ3) is 0.655. The van der Waals surface area contributed by atoms with Crippen LogP contribution in [0.4, 0.5) is 5.95 Å². The number of aliphatic imine (C=N–C) groups is 1. The molecule has 1 aromatic heterocycles. The lowest BCUT2D eigenvalue weighted by atomic mass is 10.6. The van der Waals surface area contributed by atoms with Crippen molar-refractivity contribution < 1.29 is 0 Å². The van der Waals surface area contributed by atoms with E-state index in [1.165, 1.54) is 6.07 Å². The molecular formula is C6H5N3O. The largest absolute Gasteiger partial charge is 0.312 e. The van der Waals surface area contributed by atoms with Gasteiger partial charge in [0.2, 0.25) is 5.95 Å². The van der Waals surface area contributed by atoms with Crippen molar-refractivity contribution in [2.75, 3.05) is 0 Å². The first-order valence-corrected chi connectivity index (χ1v) is 2.96. The average Bonchev–Trinajstić information content (AvgIpc) is 2.33. The molecule has 0 N–H and O–H groups in total. The third-order valence-electron chi connectivity index (χ3n) is 1.35. The van der Waals surface area contributed by atoms with Crippen LogP contribution >= 0.6 is 0 Å². The molecule has 0 atom stereocenters. The zero-order valence-electron chi connectivity index (χ0n) is 5.19. The van der Waals surface area contributed by atoms with E-state index in [-0.39, 0.29) is 5.56 Å². The number of hydrogen-bond acceptors (Lipinski definition) is 3. The van der Waals surface area contributed by atoms with Gasteiger partial charge >= 0.3 is 0 Å². The molecule has 2 heterocycles. The molecule has 0 bridgehead atoms. The zero-order valence-corrected chi connectivity index (χ0v) is 5.19.